The van der Waals surface area contributed by atoms with Gasteiger partial charge in [-0.25, -0.2) is 9.48 Å². The molecule has 0 bridgehead atoms. The number of aromatic nitrogens is 3. The molecule has 0 aliphatic carbocycles. The molecule has 0 fully saturated rings. The van der Waals surface area contributed by atoms with Crippen molar-refractivity contribution in [1.82, 2.24) is 20.3 Å². The van der Waals surface area contributed by atoms with Crippen molar-refractivity contribution in [3.63, 3.8) is 0 Å². The standard InChI is InChI=1S/C14H24N4O3/c1-6-7-8-15-12(19)9(2)18-11(14(3,4)5)10(13(20)21)16-17-18/h9H,6-8H2,1-5H3,(H,15,19)(H,20,21). The summed E-state index contributed by atoms with van der Waals surface area (Å²) >= 11 is 0. The largest absolute Gasteiger partial charge is 0.476 e. The maximum Gasteiger partial charge on any atom is 0.358 e. The zero-order valence-corrected chi connectivity index (χ0v) is 13.3. The van der Waals surface area contributed by atoms with Crippen LogP contribution >= 0.6 is 0 Å². The lowest BCUT2D eigenvalue weighted by Crippen LogP contribution is -2.34. The SMILES string of the molecule is CCCCNC(=O)C(C)n1nnc(C(=O)O)c1C(C)(C)C. The summed E-state index contributed by atoms with van der Waals surface area (Å²) in [5, 5.41) is 19.6. The van der Waals surface area contributed by atoms with Crippen molar-refractivity contribution < 1.29 is 14.7 Å². The highest BCUT2D eigenvalue weighted by molar-refractivity contribution is 5.87. The van der Waals surface area contributed by atoms with Gasteiger partial charge in [0, 0.05) is 12.0 Å². The molecule has 7 nitrogen and oxygen atoms in total. The van der Waals surface area contributed by atoms with E-state index in [2.05, 4.69) is 15.6 Å². The number of hydrogen-bond donors (Lipinski definition) is 2. The Kier molecular flexibility index (Phi) is 5.46. The molecular formula is C14H24N4O3. The Labute approximate surface area is 124 Å². The molecule has 0 aromatic carbocycles. The average Bonchev–Trinajstić information content (AvgIpc) is 2.82. The number of nitrogens with zero attached hydrogens (tertiary/aromatic N) is 3. The number of carbonyl (C=O) groups excluding carboxylic acids is 1. The van der Waals surface area contributed by atoms with E-state index < -0.39 is 17.4 Å². The third-order valence-corrected chi connectivity index (χ3v) is 3.18. The third-order valence-electron chi connectivity index (χ3n) is 3.18. The number of carboxylic acids is 1. The predicted octanol–water partition coefficient (Wildman–Crippen LogP) is 1.75. The minimum Gasteiger partial charge on any atom is -0.476 e. The van der Waals surface area contributed by atoms with Crippen molar-refractivity contribution in [1.29, 1.82) is 0 Å². The normalized spacial score (nSPS) is 13.0. The summed E-state index contributed by atoms with van der Waals surface area (Å²) < 4.78 is 1.41. The molecule has 1 atom stereocenters. The molecular weight excluding hydrogens is 272 g/mol. The first kappa shape index (κ1) is 17.1. The second-order valence-electron chi connectivity index (χ2n) is 6.11. The van der Waals surface area contributed by atoms with E-state index in [1.165, 1.54) is 4.68 Å². The van der Waals surface area contributed by atoms with Gasteiger partial charge in [0.25, 0.3) is 0 Å². The molecule has 21 heavy (non-hydrogen) atoms. The van der Waals surface area contributed by atoms with Gasteiger partial charge in [-0.1, -0.05) is 39.3 Å². The molecule has 0 saturated carbocycles. The molecule has 0 aliphatic rings. The lowest BCUT2D eigenvalue weighted by atomic mass is 9.90. The van der Waals surface area contributed by atoms with Gasteiger partial charge in [-0.05, 0) is 13.3 Å². The van der Waals surface area contributed by atoms with E-state index in [0.717, 1.165) is 12.8 Å². The number of rotatable bonds is 6. The molecule has 2 N–H and O–H groups in total. The Morgan fingerprint density at radius 2 is 2.00 bits per heavy atom. The van der Waals surface area contributed by atoms with E-state index >= 15 is 0 Å². The van der Waals surface area contributed by atoms with Crippen molar-refractivity contribution in [3.8, 4) is 0 Å². The molecule has 1 amide bonds. The number of nitrogens with one attached hydrogen (secondary N) is 1. The molecule has 1 aromatic rings. The van der Waals surface area contributed by atoms with Gasteiger partial charge in [0.1, 0.15) is 6.04 Å². The zero-order chi connectivity index (χ0) is 16.2. The first-order valence-electron chi connectivity index (χ1n) is 7.16. The lowest BCUT2D eigenvalue weighted by Gasteiger charge is -2.23. The number of unbranched alkanes of at least 4 members (excludes halogenated alkanes) is 1. The van der Waals surface area contributed by atoms with Crippen molar-refractivity contribution in [2.45, 2.75) is 58.9 Å². The zero-order valence-electron chi connectivity index (χ0n) is 13.3. The quantitative estimate of drug-likeness (QED) is 0.779. The van der Waals surface area contributed by atoms with Gasteiger partial charge in [0.15, 0.2) is 5.69 Å². The number of hydrogen-bond acceptors (Lipinski definition) is 4. The third kappa shape index (κ3) is 4.03. The molecule has 0 radical (unpaired) electrons. The van der Waals surface area contributed by atoms with E-state index in [1.807, 2.05) is 27.7 Å². The molecule has 1 unspecified atom stereocenters. The highest BCUT2D eigenvalue weighted by atomic mass is 16.4. The van der Waals surface area contributed by atoms with E-state index in [9.17, 15) is 14.7 Å². The van der Waals surface area contributed by atoms with E-state index in [1.54, 1.807) is 6.92 Å². The molecule has 1 heterocycles. The minimum absolute atomic E-state index is 0.101. The lowest BCUT2D eigenvalue weighted by molar-refractivity contribution is -0.124. The Hall–Kier alpha value is -1.92. The fourth-order valence-corrected chi connectivity index (χ4v) is 2.05. The van der Waals surface area contributed by atoms with Gasteiger partial charge in [-0.2, -0.15) is 0 Å². The number of amides is 1. The Bertz CT molecular complexity index is 517. The van der Waals surface area contributed by atoms with Crippen LogP contribution in [0, 0.1) is 0 Å². The average molecular weight is 296 g/mol. The summed E-state index contributed by atoms with van der Waals surface area (Å²) in [6.07, 6.45) is 1.90. The number of carbonyl (C=O) groups is 2. The Balaban J connectivity index is 3.07. The van der Waals surface area contributed by atoms with Crippen molar-refractivity contribution >= 4 is 11.9 Å². The van der Waals surface area contributed by atoms with Gasteiger partial charge in [-0.15, -0.1) is 5.10 Å². The van der Waals surface area contributed by atoms with E-state index in [-0.39, 0.29) is 11.6 Å². The predicted molar refractivity (Wildman–Crippen MR) is 78.3 cm³/mol. The highest BCUT2D eigenvalue weighted by Gasteiger charge is 2.32. The smallest absolute Gasteiger partial charge is 0.358 e. The fraction of sp³-hybridized carbons (Fsp3) is 0.714. The summed E-state index contributed by atoms with van der Waals surface area (Å²) in [4.78, 5) is 23.4. The van der Waals surface area contributed by atoms with Crippen LogP contribution in [0.3, 0.4) is 0 Å². The van der Waals surface area contributed by atoms with Crippen LogP contribution in [0.25, 0.3) is 0 Å². The van der Waals surface area contributed by atoms with Gasteiger partial charge in [0.05, 0.1) is 5.69 Å². The van der Waals surface area contributed by atoms with Crippen molar-refractivity contribution in [2.24, 2.45) is 0 Å². The maximum absolute atomic E-state index is 12.1. The monoisotopic (exact) mass is 296 g/mol. The van der Waals surface area contributed by atoms with Crippen molar-refractivity contribution in [2.75, 3.05) is 6.54 Å². The molecule has 7 heteroatoms. The van der Waals surface area contributed by atoms with Gasteiger partial charge in [0.2, 0.25) is 5.91 Å². The minimum atomic E-state index is -1.13. The number of aromatic carboxylic acids is 1. The van der Waals surface area contributed by atoms with Crippen LogP contribution in [0.2, 0.25) is 0 Å². The first-order valence-corrected chi connectivity index (χ1v) is 7.16. The molecule has 0 saturated heterocycles. The van der Waals surface area contributed by atoms with Crippen LogP contribution in [0.4, 0.5) is 0 Å². The summed E-state index contributed by atoms with van der Waals surface area (Å²) in [6, 6.07) is -0.600. The van der Waals surface area contributed by atoms with Crippen LogP contribution < -0.4 is 5.32 Å². The van der Waals surface area contributed by atoms with Crippen molar-refractivity contribution in [3.05, 3.63) is 11.4 Å². The summed E-state index contributed by atoms with van der Waals surface area (Å²) in [6.45, 7) is 9.95. The Morgan fingerprint density at radius 3 is 2.48 bits per heavy atom. The fourth-order valence-electron chi connectivity index (χ4n) is 2.05. The summed E-state index contributed by atoms with van der Waals surface area (Å²) in [7, 11) is 0. The van der Waals surface area contributed by atoms with Crippen LogP contribution in [-0.2, 0) is 10.2 Å². The van der Waals surface area contributed by atoms with Crippen LogP contribution in [0.5, 0.6) is 0 Å². The summed E-state index contributed by atoms with van der Waals surface area (Å²) in [5.74, 6) is -1.32. The van der Waals surface area contributed by atoms with Gasteiger partial charge >= 0.3 is 5.97 Å². The topological polar surface area (TPSA) is 97.1 Å². The number of carboxylic acid groups (broad SMARTS) is 1. The van der Waals surface area contributed by atoms with E-state index in [4.69, 9.17) is 0 Å². The molecule has 0 aliphatic heterocycles. The second kappa shape index (κ2) is 6.69. The first-order chi connectivity index (χ1) is 9.70. The van der Waals surface area contributed by atoms with Crippen LogP contribution in [0.15, 0.2) is 0 Å². The molecule has 1 aromatic heterocycles. The molecule has 1 rings (SSSR count). The second-order valence-corrected chi connectivity index (χ2v) is 6.11. The van der Waals surface area contributed by atoms with Gasteiger partial charge in [-0.3, -0.25) is 4.79 Å². The molecule has 0 spiro atoms. The highest BCUT2D eigenvalue weighted by Crippen LogP contribution is 2.27. The van der Waals surface area contributed by atoms with Gasteiger partial charge < -0.3 is 10.4 Å². The van der Waals surface area contributed by atoms with Crippen LogP contribution in [-0.4, -0.2) is 38.5 Å². The Morgan fingerprint density at radius 1 is 1.38 bits per heavy atom. The maximum atomic E-state index is 12.1. The molecule has 118 valence electrons. The van der Waals surface area contributed by atoms with Crippen LogP contribution in [0.1, 0.15) is 69.7 Å². The van der Waals surface area contributed by atoms with E-state index in [0.29, 0.717) is 12.2 Å². The summed E-state index contributed by atoms with van der Waals surface area (Å²) in [5.41, 5.74) is -0.126.